The molecule has 0 spiro atoms. The number of amides is 1. The zero-order valence-electron chi connectivity index (χ0n) is 29.6. The molecule has 8 atom stereocenters. The fraction of sp³-hybridized carbons (Fsp3) is 0.432. The van der Waals surface area contributed by atoms with Gasteiger partial charge in [0.2, 0.25) is 35.2 Å². The number of rotatable bonds is 8. The molecule has 0 aromatic heterocycles. The lowest BCUT2D eigenvalue weighted by molar-refractivity contribution is -0.210. The highest BCUT2D eigenvalue weighted by Gasteiger charge is 2.75. The highest BCUT2D eigenvalue weighted by Crippen LogP contribution is 2.57. The number of methoxy groups -OCH3 is 1. The number of aryl methyl sites for hydroxylation is 1. The number of ether oxygens (including phenoxy) is 3. The van der Waals surface area contributed by atoms with Gasteiger partial charge in [0, 0.05) is 50.4 Å². The summed E-state index contributed by atoms with van der Waals surface area (Å²) in [6.07, 6.45) is -5.40. The number of hydrogen-bond donors (Lipinski definition) is 6. The fourth-order valence-corrected chi connectivity index (χ4v) is 8.16. The van der Waals surface area contributed by atoms with E-state index in [4.69, 9.17) is 14.2 Å². The summed E-state index contributed by atoms with van der Waals surface area (Å²) in [6.45, 7) is 5.43. The molecule has 4 aliphatic rings. The van der Waals surface area contributed by atoms with Gasteiger partial charge in [-0.05, 0) is 30.5 Å². The first kappa shape index (κ1) is 37.8. The van der Waals surface area contributed by atoms with Crippen molar-refractivity contribution in [2.75, 3.05) is 21.2 Å². The van der Waals surface area contributed by atoms with Crippen molar-refractivity contribution in [2.24, 2.45) is 5.92 Å². The molecule has 16 nitrogen and oxygen atoms in total. The van der Waals surface area contributed by atoms with Gasteiger partial charge in [0.1, 0.15) is 36.9 Å². The average molecular weight is 736 g/mol. The number of benzene rings is 2. The van der Waals surface area contributed by atoms with Crippen molar-refractivity contribution in [3.63, 3.8) is 0 Å². The van der Waals surface area contributed by atoms with E-state index in [-0.39, 0.29) is 16.7 Å². The number of aliphatic hydroxyl groups is 3. The Labute approximate surface area is 302 Å². The maximum absolute atomic E-state index is 14.8. The van der Waals surface area contributed by atoms with Crippen LogP contribution in [0.3, 0.4) is 0 Å². The molecule has 53 heavy (non-hydrogen) atoms. The number of allylic oxidation sites excluding steroid dienone is 2. The first-order valence-corrected chi connectivity index (χ1v) is 16.8. The first-order chi connectivity index (χ1) is 25.0. The van der Waals surface area contributed by atoms with Crippen molar-refractivity contribution < 1.29 is 68.5 Å². The Morgan fingerprint density at radius 2 is 1.77 bits per heavy atom. The molecule has 6 N–H and O–H groups in total. The van der Waals surface area contributed by atoms with Gasteiger partial charge in [0.15, 0.2) is 12.0 Å². The third-order valence-corrected chi connectivity index (χ3v) is 10.6. The van der Waals surface area contributed by atoms with Crippen LogP contribution >= 0.6 is 0 Å². The van der Waals surface area contributed by atoms with Gasteiger partial charge in [-0.1, -0.05) is 13.0 Å². The van der Waals surface area contributed by atoms with Crippen molar-refractivity contribution in [1.82, 2.24) is 10.2 Å². The van der Waals surface area contributed by atoms with Gasteiger partial charge < -0.3 is 50.0 Å². The number of aldehydes is 1. The van der Waals surface area contributed by atoms with Gasteiger partial charge in [0.05, 0.1) is 40.5 Å². The molecule has 2 aromatic rings. The van der Waals surface area contributed by atoms with Crippen LogP contribution < -0.4 is 5.32 Å². The highest BCUT2D eigenvalue weighted by atomic mass is 16.6. The van der Waals surface area contributed by atoms with Gasteiger partial charge in [-0.15, -0.1) is 0 Å². The van der Waals surface area contributed by atoms with Crippen molar-refractivity contribution in [2.45, 2.75) is 75.5 Å². The summed E-state index contributed by atoms with van der Waals surface area (Å²) in [5.41, 5.74) is -10.0. The Kier molecular flexibility index (Phi) is 9.38. The monoisotopic (exact) mass is 735 g/mol. The Morgan fingerprint density at radius 1 is 1.09 bits per heavy atom. The van der Waals surface area contributed by atoms with E-state index >= 15 is 0 Å². The molecular formula is C37H39N2O14+. The lowest BCUT2D eigenvalue weighted by atomic mass is 9.56. The first-order valence-electron chi connectivity index (χ1n) is 16.8. The number of nitrogens with zero attached hydrogens (tertiary/aromatic N) is 1. The molecule has 16 heteroatoms. The number of aliphatic hydroxyl groups excluding tert-OH is 2. The predicted octanol–water partition coefficient (Wildman–Crippen LogP) is 0.407. The van der Waals surface area contributed by atoms with Crippen LogP contribution in [-0.4, -0.2) is 123 Å². The predicted molar refractivity (Wildman–Crippen MR) is 180 cm³/mol. The number of carbonyl (C=O) groups is 6. The second-order valence-electron chi connectivity index (χ2n) is 13.7. The van der Waals surface area contributed by atoms with Crippen LogP contribution in [0, 0.1) is 19.4 Å². The maximum Gasteiger partial charge on any atom is 0.257 e. The summed E-state index contributed by atoms with van der Waals surface area (Å²) in [5.74, 6) is -8.32. The molecule has 0 radical (unpaired) electrons. The number of fused-ring (bicyclic) bond motifs is 5. The van der Waals surface area contributed by atoms with Crippen molar-refractivity contribution >= 4 is 35.3 Å². The molecule has 2 aromatic carbocycles. The van der Waals surface area contributed by atoms with Gasteiger partial charge in [0.25, 0.3) is 5.91 Å². The average Bonchev–Trinajstić information content (AvgIpc) is 3.10. The molecular weight excluding hydrogens is 696 g/mol. The van der Waals surface area contributed by atoms with Crippen LogP contribution in [0.25, 0.3) is 0 Å². The molecule has 8 unspecified atom stereocenters. The topological polar surface area (TPSA) is 247 Å². The lowest BCUT2D eigenvalue weighted by Crippen LogP contribution is -2.73. The number of nitrogens with one attached hydrogen (secondary N) is 1. The van der Waals surface area contributed by atoms with E-state index in [1.807, 2.05) is 0 Å². The molecule has 1 saturated heterocycles. The van der Waals surface area contributed by atoms with E-state index in [0.29, 0.717) is 12.7 Å². The quantitative estimate of drug-likeness (QED) is 0.159. The molecule has 1 aliphatic heterocycles. The van der Waals surface area contributed by atoms with Gasteiger partial charge in [-0.25, -0.2) is 0 Å². The Hall–Kier alpha value is -4.97. The van der Waals surface area contributed by atoms with E-state index < -0.39 is 128 Å². The second-order valence-corrected chi connectivity index (χ2v) is 13.7. The van der Waals surface area contributed by atoms with Crippen LogP contribution in [0.1, 0.15) is 88.7 Å². The number of aromatic hydroxyl groups is 2. The summed E-state index contributed by atoms with van der Waals surface area (Å²) in [7, 11) is 4.07. The largest absolute Gasteiger partial charge is 0.507 e. The summed E-state index contributed by atoms with van der Waals surface area (Å²) >= 11 is 0. The molecule has 0 bridgehead atoms. The molecule has 3 aliphatic carbocycles. The van der Waals surface area contributed by atoms with E-state index in [1.165, 1.54) is 41.1 Å². The summed E-state index contributed by atoms with van der Waals surface area (Å²) in [5, 5.41) is 61.1. The standard InChI is InChI=1S/C37H38N2O14/c1-7-21-18(13-40)28(44)31(51-6)34(53-21)38-19-12-20(41)24-16(27(19)43)11-17-25(29(24)45)33(48)37(52-8-2)22(42)10-15-9-14(3)23(35(49)39(4)5)30(46)26(15)36(37,50)32(17)47/h8-9,11-13,18,21-22,28,31,34,42,44,50H,7,10H2,1-6H3,(H2-,38,41,45,46,48,49)/p+1. The van der Waals surface area contributed by atoms with Crippen molar-refractivity contribution in [3.05, 3.63) is 75.0 Å². The SMILES string of the molecule is C[CH+]OC12C(=O)c3c(cc4c(c3O)C(=O)C=C(NC3OC(CC)C(C=O)C(O)C3OC)C4=O)C(=O)C1(O)c1c(cc(C)c(C(=O)N(C)C)c1O)CC2O. The fourth-order valence-electron chi connectivity index (χ4n) is 8.16. The van der Waals surface area contributed by atoms with Crippen LogP contribution in [0.2, 0.25) is 0 Å². The van der Waals surface area contributed by atoms with Crippen molar-refractivity contribution in [3.8, 4) is 11.5 Å². The zero-order chi connectivity index (χ0) is 39.1. The van der Waals surface area contributed by atoms with Gasteiger partial charge in [-0.2, -0.15) is 4.74 Å². The summed E-state index contributed by atoms with van der Waals surface area (Å²) in [6, 6.07) is 2.23. The van der Waals surface area contributed by atoms with Crippen LogP contribution in [0.4, 0.5) is 0 Å². The zero-order valence-corrected chi connectivity index (χ0v) is 29.6. The number of Topliss-reactive ketones (excluding diaryl/α,β-unsaturated/α-hetero) is 3. The molecule has 0 saturated carbocycles. The molecule has 1 heterocycles. The lowest BCUT2D eigenvalue weighted by Gasteiger charge is -2.50. The minimum atomic E-state index is -3.25. The summed E-state index contributed by atoms with van der Waals surface area (Å²) in [4.78, 5) is 83.2. The Morgan fingerprint density at radius 3 is 2.36 bits per heavy atom. The minimum absolute atomic E-state index is 0.0117. The van der Waals surface area contributed by atoms with Crippen LogP contribution in [0.15, 0.2) is 23.9 Å². The van der Waals surface area contributed by atoms with E-state index in [9.17, 15) is 54.3 Å². The highest BCUT2D eigenvalue weighted by molar-refractivity contribution is 6.31. The van der Waals surface area contributed by atoms with Crippen LogP contribution in [0.5, 0.6) is 11.5 Å². The smallest absolute Gasteiger partial charge is 0.257 e. The summed E-state index contributed by atoms with van der Waals surface area (Å²) < 4.78 is 17.0. The minimum Gasteiger partial charge on any atom is -0.507 e. The number of phenols is 2. The van der Waals surface area contributed by atoms with Crippen molar-refractivity contribution in [1.29, 1.82) is 0 Å². The molecule has 6 rings (SSSR count). The van der Waals surface area contributed by atoms with Gasteiger partial charge in [-0.3, -0.25) is 24.0 Å². The number of hydrogen-bond acceptors (Lipinski definition) is 15. The van der Waals surface area contributed by atoms with Crippen LogP contribution in [-0.2, 0) is 31.0 Å². The number of ketones is 4. The third-order valence-electron chi connectivity index (χ3n) is 10.6. The molecule has 280 valence electrons. The second kappa shape index (κ2) is 13.2. The Balaban J connectivity index is 1.53. The Bertz CT molecular complexity index is 2020. The van der Waals surface area contributed by atoms with Gasteiger partial charge >= 0.3 is 0 Å². The van der Waals surface area contributed by atoms with E-state index in [2.05, 4.69) is 5.32 Å². The normalized spacial score (nSPS) is 30.4. The third kappa shape index (κ3) is 5.01. The molecule has 1 fully saturated rings. The number of carbonyl (C=O) groups excluding carboxylic acids is 6. The van der Waals surface area contributed by atoms with E-state index in [1.54, 1.807) is 6.92 Å². The maximum atomic E-state index is 14.8. The van der Waals surface area contributed by atoms with E-state index in [0.717, 1.165) is 23.6 Å². The number of phenolic OH excluding ortho intramolecular Hbond substituents is 2. The molecule has 1 amide bonds.